The molecule has 3 heterocycles. The van der Waals surface area contributed by atoms with E-state index >= 15 is 0 Å². The molecule has 1 aliphatic heterocycles. The molecule has 0 amide bonds. The molecule has 8 heteroatoms. The topological polar surface area (TPSA) is 69.0 Å². The van der Waals surface area contributed by atoms with Gasteiger partial charge < -0.3 is 9.47 Å². The molecule has 4 rings (SSSR count). The van der Waals surface area contributed by atoms with Crippen LogP contribution in [0.25, 0.3) is 4.96 Å². The van der Waals surface area contributed by atoms with Gasteiger partial charge in [-0.25, -0.2) is 4.98 Å². The van der Waals surface area contributed by atoms with Gasteiger partial charge in [-0.05, 0) is 25.6 Å². The van der Waals surface area contributed by atoms with E-state index in [1.54, 1.807) is 6.07 Å². The fraction of sp³-hybridized carbons (Fsp3) is 0.389. The number of hydrogen-bond donors (Lipinski definition) is 0. The number of aromatic nitrogens is 3. The number of benzene rings is 1. The fourth-order valence-corrected chi connectivity index (χ4v) is 3.82. The Labute approximate surface area is 154 Å². The Morgan fingerprint density at radius 2 is 2.15 bits per heavy atom. The van der Waals surface area contributed by atoms with E-state index in [4.69, 9.17) is 9.47 Å². The molecule has 0 bridgehead atoms. The van der Waals surface area contributed by atoms with Crippen molar-refractivity contribution in [2.45, 2.75) is 26.0 Å². The van der Waals surface area contributed by atoms with Crippen molar-refractivity contribution >= 4 is 16.3 Å². The normalized spacial score (nSPS) is 16.3. The van der Waals surface area contributed by atoms with Crippen molar-refractivity contribution < 1.29 is 9.47 Å². The second-order valence-electron chi connectivity index (χ2n) is 6.32. The minimum Gasteiger partial charge on any atom is -0.486 e. The number of aryl methyl sites for hydroxylation is 1. The van der Waals surface area contributed by atoms with Crippen LogP contribution < -0.4 is 15.0 Å². The number of fused-ring (bicyclic) bond motifs is 2. The smallest absolute Gasteiger partial charge is 0.275 e. The van der Waals surface area contributed by atoms with Crippen molar-refractivity contribution in [3.05, 3.63) is 51.4 Å². The van der Waals surface area contributed by atoms with Crippen LogP contribution in [0.1, 0.15) is 17.6 Å². The van der Waals surface area contributed by atoms with Gasteiger partial charge in [0.2, 0.25) is 4.96 Å². The van der Waals surface area contributed by atoms with E-state index in [-0.39, 0.29) is 11.7 Å². The van der Waals surface area contributed by atoms with Gasteiger partial charge in [0.25, 0.3) is 5.56 Å². The second kappa shape index (κ2) is 7.05. The third-order valence-corrected chi connectivity index (χ3v) is 5.21. The molecule has 2 aromatic heterocycles. The highest BCUT2D eigenvalue weighted by Crippen LogP contribution is 2.31. The first-order valence-electron chi connectivity index (χ1n) is 8.58. The summed E-state index contributed by atoms with van der Waals surface area (Å²) in [6.45, 7) is 3.76. The highest BCUT2D eigenvalue weighted by molar-refractivity contribution is 7.16. The zero-order valence-electron chi connectivity index (χ0n) is 14.7. The van der Waals surface area contributed by atoms with Crippen molar-refractivity contribution in [3.63, 3.8) is 0 Å². The lowest BCUT2D eigenvalue weighted by Crippen LogP contribution is -2.39. The molecule has 7 nitrogen and oxygen atoms in total. The Bertz CT molecular complexity index is 984. The highest BCUT2D eigenvalue weighted by atomic mass is 32.1. The standard InChI is InChI=1S/C18H20N4O3S/c1-3-16-20-22-17(23)8-12(19-18(22)26-16)9-21(2)10-13-11-24-14-6-4-5-7-15(14)25-13/h4-8,13H,3,9-11H2,1-2H3/t13-/m1/s1. The fourth-order valence-electron chi connectivity index (χ4n) is 2.96. The molecule has 0 radical (unpaired) electrons. The van der Waals surface area contributed by atoms with Crippen LogP contribution in [0.15, 0.2) is 35.1 Å². The lowest BCUT2D eigenvalue weighted by Gasteiger charge is -2.29. The molecular formula is C18H20N4O3S. The summed E-state index contributed by atoms with van der Waals surface area (Å²) in [5.41, 5.74) is 0.599. The Morgan fingerprint density at radius 1 is 1.35 bits per heavy atom. The minimum absolute atomic E-state index is 0.0603. The van der Waals surface area contributed by atoms with E-state index in [0.717, 1.165) is 28.6 Å². The molecule has 0 spiro atoms. The molecule has 3 aromatic rings. The lowest BCUT2D eigenvalue weighted by molar-refractivity contribution is 0.0635. The number of rotatable bonds is 5. The van der Waals surface area contributed by atoms with Gasteiger partial charge in [0.15, 0.2) is 11.5 Å². The number of nitrogens with zero attached hydrogens (tertiary/aromatic N) is 4. The van der Waals surface area contributed by atoms with Gasteiger partial charge in [0, 0.05) is 19.2 Å². The van der Waals surface area contributed by atoms with Crippen molar-refractivity contribution in [2.24, 2.45) is 0 Å². The summed E-state index contributed by atoms with van der Waals surface area (Å²) in [4.78, 5) is 19.5. The third kappa shape index (κ3) is 3.42. The maximum absolute atomic E-state index is 12.2. The van der Waals surface area contributed by atoms with Gasteiger partial charge in [-0.15, -0.1) is 0 Å². The van der Waals surface area contributed by atoms with Crippen molar-refractivity contribution in [1.29, 1.82) is 0 Å². The predicted octanol–water partition coefficient (Wildman–Crippen LogP) is 1.99. The minimum atomic E-state index is -0.138. The first-order valence-corrected chi connectivity index (χ1v) is 9.39. The Balaban J connectivity index is 1.44. The largest absolute Gasteiger partial charge is 0.486 e. The monoisotopic (exact) mass is 372 g/mol. The zero-order chi connectivity index (χ0) is 18.1. The summed E-state index contributed by atoms with van der Waals surface area (Å²) in [6, 6.07) is 9.23. The second-order valence-corrected chi connectivity index (χ2v) is 7.36. The van der Waals surface area contributed by atoms with Gasteiger partial charge in [-0.2, -0.15) is 9.61 Å². The molecule has 26 heavy (non-hydrogen) atoms. The van der Waals surface area contributed by atoms with Crippen LogP contribution in [-0.2, 0) is 13.0 Å². The molecule has 1 atom stereocenters. The van der Waals surface area contributed by atoms with E-state index in [1.165, 1.54) is 15.9 Å². The summed E-state index contributed by atoms with van der Waals surface area (Å²) in [5.74, 6) is 1.55. The highest BCUT2D eigenvalue weighted by Gasteiger charge is 2.22. The molecule has 1 aromatic carbocycles. The Hall–Kier alpha value is -2.45. The van der Waals surface area contributed by atoms with Crippen LogP contribution in [-0.4, -0.2) is 45.8 Å². The van der Waals surface area contributed by atoms with Gasteiger partial charge in [0.05, 0.1) is 5.69 Å². The summed E-state index contributed by atoms with van der Waals surface area (Å²) in [6.07, 6.45) is 0.734. The van der Waals surface area contributed by atoms with Gasteiger partial charge in [-0.3, -0.25) is 9.69 Å². The zero-order valence-corrected chi connectivity index (χ0v) is 15.5. The number of ether oxygens (including phenoxy) is 2. The Morgan fingerprint density at radius 3 is 2.96 bits per heavy atom. The van der Waals surface area contributed by atoms with Crippen LogP contribution in [0.3, 0.4) is 0 Å². The van der Waals surface area contributed by atoms with Gasteiger partial charge in [-0.1, -0.05) is 30.4 Å². The quantitative estimate of drug-likeness (QED) is 0.682. The third-order valence-electron chi connectivity index (χ3n) is 4.16. The van der Waals surface area contributed by atoms with Crippen molar-refractivity contribution in [2.75, 3.05) is 20.2 Å². The van der Waals surface area contributed by atoms with Crippen molar-refractivity contribution in [3.8, 4) is 11.5 Å². The molecule has 0 N–H and O–H groups in total. The average molecular weight is 372 g/mol. The first kappa shape index (κ1) is 17.0. The summed E-state index contributed by atoms with van der Waals surface area (Å²) in [5, 5.41) is 5.18. The molecule has 0 saturated carbocycles. The summed E-state index contributed by atoms with van der Waals surface area (Å²) < 4.78 is 13.1. The number of likely N-dealkylation sites (N-methyl/N-ethyl adjacent to an activating group) is 1. The van der Waals surface area contributed by atoms with Gasteiger partial charge in [0.1, 0.15) is 17.7 Å². The summed E-state index contributed by atoms with van der Waals surface area (Å²) in [7, 11) is 1.98. The lowest BCUT2D eigenvalue weighted by atomic mass is 10.2. The molecule has 0 saturated heterocycles. The maximum Gasteiger partial charge on any atom is 0.275 e. The van der Waals surface area contributed by atoms with Crippen molar-refractivity contribution in [1.82, 2.24) is 19.5 Å². The molecule has 0 unspecified atom stereocenters. The molecular weight excluding hydrogens is 352 g/mol. The molecule has 1 aliphatic rings. The van der Waals surface area contributed by atoms with E-state index in [9.17, 15) is 4.79 Å². The van der Waals surface area contributed by atoms with Gasteiger partial charge >= 0.3 is 0 Å². The van der Waals surface area contributed by atoms with Crippen LogP contribution in [0.4, 0.5) is 0 Å². The van der Waals surface area contributed by atoms with E-state index in [2.05, 4.69) is 15.0 Å². The molecule has 0 fully saturated rings. The van der Waals surface area contributed by atoms with Crippen LogP contribution in [0.5, 0.6) is 11.5 Å². The predicted molar refractivity (Wildman–Crippen MR) is 99.2 cm³/mol. The van der Waals surface area contributed by atoms with E-state index in [1.807, 2.05) is 38.2 Å². The SMILES string of the molecule is CCc1nn2c(=O)cc(CN(C)C[C@@H]3COc4ccccc4O3)nc2s1. The molecule has 136 valence electrons. The number of para-hydroxylation sites is 2. The van der Waals surface area contributed by atoms with Crippen LogP contribution in [0.2, 0.25) is 0 Å². The van der Waals surface area contributed by atoms with Crippen LogP contribution in [0, 0.1) is 0 Å². The van der Waals surface area contributed by atoms with E-state index < -0.39 is 0 Å². The van der Waals surface area contributed by atoms with E-state index in [0.29, 0.717) is 24.7 Å². The first-order chi connectivity index (χ1) is 12.6. The summed E-state index contributed by atoms with van der Waals surface area (Å²) >= 11 is 1.46. The average Bonchev–Trinajstić information content (AvgIpc) is 3.05. The molecule has 0 aliphatic carbocycles. The Kier molecular flexibility index (Phi) is 4.60. The maximum atomic E-state index is 12.2. The number of hydrogen-bond acceptors (Lipinski definition) is 7. The van der Waals surface area contributed by atoms with Crippen LogP contribution >= 0.6 is 11.3 Å².